The zero-order valence-corrected chi connectivity index (χ0v) is 23.8. The van der Waals surface area contributed by atoms with Crippen molar-refractivity contribution < 1.29 is 33.7 Å². The van der Waals surface area contributed by atoms with Gasteiger partial charge in [0, 0.05) is 35.1 Å². The molecule has 1 fully saturated rings. The maximum atomic E-state index is 13.1. The molecule has 41 heavy (non-hydrogen) atoms. The van der Waals surface area contributed by atoms with Gasteiger partial charge in [0.15, 0.2) is 17.0 Å². The molecule has 5 heterocycles. The van der Waals surface area contributed by atoms with E-state index in [1.807, 2.05) is 16.7 Å². The SMILES string of the molecule is CO/N=C(\C(=O)N[C@@H]1C(=O)N2C(C(=O)[O-])=C(C[n+]3ccn4nc(SCCNC=O)ccc43)CS[C@H]12)c1csc(N)n1. The van der Waals surface area contributed by atoms with Crippen molar-refractivity contribution in [3.8, 4) is 0 Å². The number of rotatable bonds is 12. The van der Waals surface area contributed by atoms with Gasteiger partial charge in [-0.05, 0) is 6.07 Å². The number of oxime groups is 1. The Balaban J connectivity index is 1.31. The van der Waals surface area contributed by atoms with Crippen molar-refractivity contribution in [1.82, 2.24) is 30.1 Å². The normalized spacial score (nSPS) is 18.6. The molecule has 3 aromatic heterocycles. The van der Waals surface area contributed by atoms with E-state index in [9.17, 15) is 24.3 Å². The number of hydrogen-bond acceptors (Lipinski definition) is 13. The lowest BCUT2D eigenvalue weighted by atomic mass is 10.0. The number of nitrogens with zero attached hydrogens (tertiary/aromatic N) is 6. The fraction of sp³-hybridized carbons (Fsp3) is 0.304. The van der Waals surface area contributed by atoms with E-state index in [4.69, 9.17) is 10.6 Å². The lowest BCUT2D eigenvalue weighted by Gasteiger charge is -2.50. The van der Waals surface area contributed by atoms with Crippen molar-refractivity contribution in [3.63, 3.8) is 0 Å². The molecule has 0 aromatic carbocycles. The first-order valence-corrected chi connectivity index (χ1v) is 14.9. The molecule has 15 nitrogen and oxygen atoms in total. The highest BCUT2D eigenvalue weighted by atomic mass is 32.2. The zero-order chi connectivity index (χ0) is 29.1. The summed E-state index contributed by atoms with van der Waals surface area (Å²) >= 11 is 3.93. The van der Waals surface area contributed by atoms with Gasteiger partial charge in [0.05, 0.1) is 11.7 Å². The van der Waals surface area contributed by atoms with Crippen molar-refractivity contribution in [2.24, 2.45) is 5.16 Å². The van der Waals surface area contributed by atoms with E-state index in [-0.39, 0.29) is 28.8 Å². The minimum Gasteiger partial charge on any atom is -0.543 e. The maximum absolute atomic E-state index is 13.1. The highest BCUT2D eigenvalue weighted by Gasteiger charge is 2.53. The van der Waals surface area contributed by atoms with Crippen molar-refractivity contribution in [2.75, 3.05) is 30.9 Å². The molecular formula is C23H23N9O6S3. The number of thiazole rings is 1. The Kier molecular flexibility index (Phi) is 8.41. The van der Waals surface area contributed by atoms with Gasteiger partial charge in [0.1, 0.15) is 42.0 Å². The molecule has 214 valence electrons. The summed E-state index contributed by atoms with van der Waals surface area (Å²) in [7, 11) is 1.27. The summed E-state index contributed by atoms with van der Waals surface area (Å²) in [6.07, 6.45) is 4.16. The van der Waals surface area contributed by atoms with Gasteiger partial charge in [-0.1, -0.05) is 10.3 Å². The van der Waals surface area contributed by atoms with E-state index in [0.29, 0.717) is 35.7 Å². The number of hydrogen-bond donors (Lipinski definition) is 3. The molecule has 4 N–H and O–H groups in total. The molecule has 0 bridgehead atoms. The Morgan fingerprint density at radius 2 is 2.24 bits per heavy atom. The highest BCUT2D eigenvalue weighted by molar-refractivity contribution is 8.00. The predicted octanol–water partition coefficient (Wildman–Crippen LogP) is -2.05. The minimum atomic E-state index is -1.48. The fourth-order valence-corrected chi connectivity index (χ4v) is 6.98. The van der Waals surface area contributed by atoms with Crippen LogP contribution in [0.5, 0.6) is 0 Å². The van der Waals surface area contributed by atoms with Crippen LogP contribution in [-0.4, -0.2) is 86.0 Å². The average Bonchev–Trinajstić information content (AvgIpc) is 3.57. The largest absolute Gasteiger partial charge is 0.543 e. The van der Waals surface area contributed by atoms with Crippen LogP contribution in [0, 0.1) is 0 Å². The number of amides is 3. The second-order valence-electron chi connectivity index (χ2n) is 8.61. The van der Waals surface area contributed by atoms with Gasteiger partial charge in [-0.25, -0.2) is 9.55 Å². The molecule has 2 aliphatic rings. The molecular weight excluding hydrogens is 595 g/mol. The summed E-state index contributed by atoms with van der Waals surface area (Å²) in [6.45, 7) is 0.703. The van der Waals surface area contributed by atoms with Crippen LogP contribution < -0.4 is 26.0 Å². The van der Waals surface area contributed by atoms with E-state index < -0.39 is 29.2 Å². The molecule has 0 unspecified atom stereocenters. The number of thioether (sulfide) groups is 2. The van der Waals surface area contributed by atoms with Gasteiger partial charge >= 0.3 is 5.65 Å². The number of imidazole rings is 1. The van der Waals surface area contributed by atoms with Crippen LogP contribution in [0.3, 0.4) is 0 Å². The number of aliphatic carboxylic acids is 1. The fourth-order valence-electron chi connectivity index (χ4n) is 4.35. The van der Waals surface area contributed by atoms with Crippen molar-refractivity contribution in [1.29, 1.82) is 0 Å². The molecule has 0 saturated carbocycles. The first kappa shape index (κ1) is 28.4. The molecule has 1 saturated heterocycles. The number of anilines is 1. The molecule has 5 rings (SSSR count). The first-order chi connectivity index (χ1) is 19.8. The summed E-state index contributed by atoms with van der Waals surface area (Å²) in [5.74, 6) is -1.82. The second kappa shape index (κ2) is 12.1. The number of carbonyl (C=O) groups excluding carboxylic acids is 4. The number of fused-ring (bicyclic) bond motifs is 2. The molecule has 0 aliphatic carbocycles. The Morgan fingerprint density at radius 1 is 1.41 bits per heavy atom. The highest BCUT2D eigenvalue weighted by Crippen LogP contribution is 2.40. The average molecular weight is 618 g/mol. The van der Waals surface area contributed by atoms with E-state index in [0.717, 1.165) is 21.3 Å². The molecule has 3 aromatic rings. The number of nitrogens with two attached hydrogens (primary N) is 1. The lowest BCUT2D eigenvalue weighted by molar-refractivity contribution is -0.662. The number of carbonyl (C=O) groups is 4. The summed E-state index contributed by atoms with van der Waals surface area (Å²) in [5.41, 5.74) is 6.68. The standard InChI is InChI=1S/C23H23N9O6S3/c1-38-29-16(13-10-41-23(24)26-13)19(34)27-17-20(35)32-18(22(36)37)12(9-40-21(17)32)8-30-5-6-31-15(30)3-2-14(28-31)39-7-4-25-11-33/h2-3,5-6,10-11,17,21H,4,7-9H2,1H3,(H4-,24,25,26,27,33,34,36,37)/b29-16-/t17-,21-/m1/s1. The molecule has 0 spiro atoms. The van der Waals surface area contributed by atoms with Gasteiger partial charge in [0.2, 0.25) is 6.41 Å². The first-order valence-electron chi connectivity index (χ1n) is 12.0. The molecule has 2 atom stereocenters. The van der Waals surface area contributed by atoms with E-state index >= 15 is 0 Å². The topological polar surface area (TPSA) is 200 Å². The second-order valence-corrected chi connectivity index (χ2v) is 11.7. The van der Waals surface area contributed by atoms with E-state index in [1.54, 1.807) is 16.9 Å². The number of β-lactam (4-membered cyclic amide) rings is 1. The monoisotopic (exact) mass is 617 g/mol. The van der Waals surface area contributed by atoms with E-state index in [2.05, 4.69) is 25.9 Å². The Labute approximate surface area is 244 Å². The summed E-state index contributed by atoms with van der Waals surface area (Å²) in [4.78, 5) is 58.6. The molecule has 3 amide bonds. The number of nitrogens with one attached hydrogen (secondary N) is 2. The van der Waals surface area contributed by atoms with Gasteiger partial charge in [-0.15, -0.1) is 39.4 Å². The van der Waals surface area contributed by atoms with Crippen LogP contribution >= 0.6 is 34.9 Å². The number of nitrogen functional groups attached to an aromatic ring is 1. The quantitative estimate of drug-likeness (QED) is 0.0384. The van der Waals surface area contributed by atoms with Crippen LogP contribution in [0.4, 0.5) is 5.13 Å². The summed E-state index contributed by atoms with van der Waals surface area (Å²) in [5, 5.41) is 27.6. The molecule has 2 aliphatic heterocycles. The Morgan fingerprint density at radius 3 is 2.95 bits per heavy atom. The number of aromatic nitrogens is 4. The molecule has 18 heteroatoms. The van der Waals surface area contributed by atoms with Crippen LogP contribution in [0.1, 0.15) is 5.69 Å². The van der Waals surface area contributed by atoms with Gasteiger partial charge in [-0.2, -0.15) is 0 Å². The van der Waals surface area contributed by atoms with Crippen LogP contribution in [0.15, 0.2) is 51.4 Å². The minimum absolute atomic E-state index is 0.159. The van der Waals surface area contributed by atoms with Gasteiger partial charge in [0.25, 0.3) is 11.8 Å². The summed E-state index contributed by atoms with van der Waals surface area (Å²) in [6, 6.07) is 2.71. The van der Waals surface area contributed by atoms with Crippen LogP contribution in [0.25, 0.3) is 5.65 Å². The van der Waals surface area contributed by atoms with Crippen LogP contribution in [-0.2, 0) is 30.6 Å². The third kappa shape index (κ3) is 5.70. The lowest BCUT2D eigenvalue weighted by Crippen LogP contribution is -2.71. The third-order valence-corrected chi connectivity index (χ3v) is 9.06. The van der Waals surface area contributed by atoms with Crippen molar-refractivity contribution in [2.45, 2.75) is 23.0 Å². The molecule has 0 radical (unpaired) electrons. The summed E-state index contributed by atoms with van der Waals surface area (Å²) < 4.78 is 3.49. The van der Waals surface area contributed by atoms with Gasteiger partial charge in [-0.3, -0.25) is 19.3 Å². The zero-order valence-electron chi connectivity index (χ0n) is 21.4. The maximum Gasteiger partial charge on any atom is 0.307 e. The van der Waals surface area contributed by atoms with E-state index in [1.165, 1.54) is 36.0 Å². The Hall–Kier alpha value is -4.16. The van der Waals surface area contributed by atoms with Crippen molar-refractivity contribution >= 4 is 75.5 Å². The van der Waals surface area contributed by atoms with Crippen molar-refractivity contribution in [3.05, 3.63) is 46.9 Å². The van der Waals surface area contributed by atoms with Gasteiger partial charge < -0.3 is 31.1 Å². The smallest absolute Gasteiger partial charge is 0.307 e. The van der Waals surface area contributed by atoms with Crippen LogP contribution in [0.2, 0.25) is 0 Å². The third-order valence-electron chi connectivity index (χ3n) is 6.13. The number of carboxylic acids is 1. The predicted molar refractivity (Wildman–Crippen MR) is 147 cm³/mol. The number of carboxylic acid groups (broad SMARTS) is 1. The Bertz CT molecular complexity index is 1590.